The highest BCUT2D eigenvalue weighted by molar-refractivity contribution is 6.09. The number of rotatable bonds is 2. The third kappa shape index (κ3) is 2.28. The van der Waals surface area contributed by atoms with Crippen molar-refractivity contribution in [3.8, 4) is 5.88 Å². The lowest BCUT2D eigenvalue weighted by molar-refractivity contribution is 0.399. The number of aliphatic imine (C=N–C) groups is 1. The predicted molar refractivity (Wildman–Crippen MR) is 88.4 cm³/mol. The van der Waals surface area contributed by atoms with E-state index < -0.39 is 0 Å². The highest BCUT2D eigenvalue weighted by atomic mass is 16.5. The molecular weight excluding hydrogens is 292 g/mol. The summed E-state index contributed by atoms with van der Waals surface area (Å²) in [6.07, 6.45) is 12.2. The van der Waals surface area contributed by atoms with Crippen molar-refractivity contribution in [1.29, 1.82) is 0 Å². The molecule has 0 radical (unpaired) electrons. The van der Waals surface area contributed by atoms with Gasteiger partial charge in [-0.15, -0.1) is 0 Å². The molecule has 0 unspecified atom stereocenters. The van der Waals surface area contributed by atoms with E-state index in [0.717, 1.165) is 22.1 Å². The Balaban J connectivity index is 2.02. The zero-order chi connectivity index (χ0) is 15.6. The van der Waals surface area contributed by atoms with Crippen molar-refractivity contribution in [1.82, 2.24) is 19.9 Å². The fourth-order valence-electron chi connectivity index (χ4n) is 2.43. The molecule has 0 amide bonds. The molecule has 7 heteroatoms. The summed E-state index contributed by atoms with van der Waals surface area (Å²) >= 11 is 0. The maximum atomic E-state index is 5.17. The van der Waals surface area contributed by atoms with Gasteiger partial charge < -0.3 is 9.64 Å². The Kier molecular flexibility index (Phi) is 3.16. The second-order valence-electron chi connectivity index (χ2n) is 4.79. The van der Waals surface area contributed by atoms with Gasteiger partial charge in [0.05, 0.1) is 24.2 Å². The quantitative estimate of drug-likeness (QED) is 0.677. The monoisotopic (exact) mass is 304 g/mol. The number of hydrogen-bond donors (Lipinski definition) is 0. The Hall–Kier alpha value is -3.35. The molecule has 0 N–H and O–H groups in total. The van der Waals surface area contributed by atoms with E-state index in [9.17, 15) is 0 Å². The van der Waals surface area contributed by atoms with Crippen LogP contribution in [0.2, 0.25) is 0 Å². The Bertz CT molecular complexity index is 963. The van der Waals surface area contributed by atoms with Crippen molar-refractivity contribution in [3.05, 3.63) is 49.3 Å². The molecule has 4 rings (SSSR count). The van der Waals surface area contributed by atoms with Crippen molar-refractivity contribution < 1.29 is 4.74 Å². The van der Waals surface area contributed by atoms with Gasteiger partial charge in [0.25, 0.3) is 0 Å². The largest absolute Gasteiger partial charge is 0.481 e. The lowest BCUT2D eigenvalue weighted by Crippen LogP contribution is -2.09. The summed E-state index contributed by atoms with van der Waals surface area (Å²) in [6, 6.07) is 3.72. The van der Waals surface area contributed by atoms with E-state index in [4.69, 9.17) is 4.74 Å². The molecule has 1 aliphatic rings. The fraction of sp³-hybridized carbons (Fsp3) is 0.0625. The van der Waals surface area contributed by atoms with E-state index in [2.05, 4.69) is 24.9 Å². The van der Waals surface area contributed by atoms with Gasteiger partial charge in [-0.2, -0.15) is 4.98 Å². The van der Waals surface area contributed by atoms with Crippen LogP contribution in [0.5, 0.6) is 5.88 Å². The van der Waals surface area contributed by atoms with Crippen molar-refractivity contribution >= 4 is 34.0 Å². The van der Waals surface area contributed by atoms with Gasteiger partial charge in [0.15, 0.2) is 5.65 Å². The molecule has 23 heavy (non-hydrogen) atoms. The predicted octanol–water partition coefficient (Wildman–Crippen LogP) is 2.46. The second-order valence-corrected chi connectivity index (χ2v) is 4.79. The number of nitrogens with zero attached hydrogens (tertiary/aromatic N) is 6. The number of allylic oxidation sites excluding steroid dienone is 1. The molecule has 3 aromatic rings. The molecule has 0 atom stereocenters. The average Bonchev–Trinajstić information content (AvgIpc) is 2.89. The number of hydrogen-bond acceptors (Lipinski definition) is 7. The maximum Gasteiger partial charge on any atom is 0.215 e. The fourth-order valence-corrected chi connectivity index (χ4v) is 2.43. The number of aromatic nitrogens is 4. The summed E-state index contributed by atoms with van der Waals surface area (Å²) in [5.41, 5.74) is 1.34. The van der Waals surface area contributed by atoms with Crippen LogP contribution < -0.4 is 9.64 Å². The van der Waals surface area contributed by atoms with Gasteiger partial charge in [0, 0.05) is 36.3 Å². The maximum absolute atomic E-state index is 5.17. The zero-order valence-electron chi connectivity index (χ0n) is 12.3. The van der Waals surface area contributed by atoms with E-state index in [-0.39, 0.29) is 0 Å². The topological polar surface area (TPSA) is 76.4 Å². The van der Waals surface area contributed by atoms with Crippen molar-refractivity contribution in [2.75, 3.05) is 12.0 Å². The van der Waals surface area contributed by atoms with Crippen molar-refractivity contribution in [2.24, 2.45) is 4.99 Å². The highest BCUT2D eigenvalue weighted by Crippen LogP contribution is 2.30. The third-order valence-electron chi connectivity index (χ3n) is 3.47. The van der Waals surface area contributed by atoms with Crippen molar-refractivity contribution in [3.63, 3.8) is 0 Å². The van der Waals surface area contributed by atoms with Crippen LogP contribution in [0.3, 0.4) is 0 Å². The molecule has 0 saturated carbocycles. The van der Waals surface area contributed by atoms with E-state index in [1.165, 1.54) is 6.33 Å². The van der Waals surface area contributed by atoms with Crippen LogP contribution in [-0.2, 0) is 0 Å². The molecule has 0 aromatic carbocycles. The summed E-state index contributed by atoms with van der Waals surface area (Å²) in [5.74, 6) is 1.26. The van der Waals surface area contributed by atoms with E-state index in [1.54, 1.807) is 31.8 Å². The molecule has 0 aliphatic carbocycles. The van der Waals surface area contributed by atoms with Gasteiger partial charge in [-0.3, -0.25) is 4.99 Å². The van der Waals surface area contributed by atoms with Crippen LogP contribution in [0.4, 0.5) is 5.82 Å². The summed E-state index contributed by atoms with van der Waals surface area (Å²) in [6.45, 7) is 0. The standard InChI is InChI=1S/C16H12N6O/c1-23-13-4-3-11-14-12(9-18-15(11)21-13)19-10-20-16(14)22-7-2-5-17-6-8-22/h2-10H,1H3. The normalized spacial score (nSPS) is 13.7. The highest BCUT2D eigenvalue weighted by Gasteiger charge is 2.14. The van der Waals surface area contributed by atoms with Crippen LogP contribution in [0.25, 0.3) is 21.9 Å². The third-order valence-corrected chi connectivity index (χ3v) is 3.47. The Labute approximate surface area is 131 Å². The zero-order valence-corrected chi connectivity index (χ0v) is 12.3. The minimum absolute atomic E-state index is 0.519. The van der Waals surface area contributed by atoms with Crippen LogP contribution in [0.1, 0.15) is 0 Å². The Morgan fingerprint density at radius 2 is 2.04 bits per heavy atom. The van der Waals surface area contributed by atoms with Gasteiger partial charge in [-0.1, -0.05) is 0 Å². The first-order chi connectivity index (χ1) is 11.4. The number of ether oxygens (including phenoxy) is 1. The second kappa shape index (κ2) is 5.45. The van der Waals surface area contributed by atoms with Gasteiger partial charge >= 0.3 is 0 Å². The summed E-state index contributed by atoms with van der Waals surface area (Å²) in [5, 5.41) is 1.75. The average molecular weight is 304 g/mol. The van der Waals surface area contributed by atoms with Gasteiger partial charge in [0.1, 0.15) is 12.1 Å². The SMILES string of the molecule is COc1ccc2c(ncc3ncnc(N4C=CC=NC=C4)c32)n1. The molecule has 3 aromatic heterocycles. The lowest BCUT2D eigenvalue weighted by Gasteiger charge is -2.16. The van der Waals surface area contributed by atoms with E-state index in [0.29, 0.717) is 11.5 Å². The van der Waals surface area contributed by atoms with Crippen LogP contribution in [0, 0.1) is 0 Å². The molecular formula is C16H12N6O. The van der Waals surface area contributed by atoms with Crippen LogP contribution in [-0.4, -0.2) is 33.3 Å². The molecule has 0 spiro atoms. The van der Waals surface area contributed by atoms with Gasteiger partial charge in [0.2, 0.25) is 5.88 Å². The molecule has 0 saturated heterocycles. The van der Waals surface area contributed by atoms with Crippen molar-refractivity contribution in [2.45, 2.75) is 0 Å². The Morgan fingerprint density at radius 1 is 1.09 bits per heavy atom. The Morgan fingerprint density at radius 3 is 2.96 bits per heavy atom. The van der Waals surface area contributed by atoms with Crippen LogP contribution >= 0.6 is 0 Å². The first kappa shape index (κ1) is 13.3. The minimum Gasteiger partial charge on any atom is -0.481 e. The molecule has 112 valence electrons. The van der Waals surface area contributed by atoms with E-state index in [1.807, 2.05) is 29.4 Å². The summed E-state index contributed by atoms with van der Waals surface area (Å²) in [7, 11) is 1.58. The molecule has 4 heterocycles. The number of fused-ring (bicyclic) bond motifs is 3. The number of pyridine rings is 2. The molecule has 0 bridgehead atoms. The molecule has 7 nitrogen and oxygen atoms in total. The van der Waals surface area contributed by atoms with Gasteiger partial charge in [-0.25, -0.2) is 15.0 Å². The van der Waals surface area contributed by atoms with Gasteiger partial charge in [-0.05, 0) is 12.1 Å². The minimum atomic E-state index is 0.519. The summed E-state index contributed by atoms with van der Waals surface area (Å²) in [4.78, 5) is 23.5. The first-order valence-electron chi connectivity index (χ1n) is 6.96. The van der Waals surface area contributed by atoms with Crippen LogP contribution in [0.15, 0.2) is 54.3 Å². The smallest absolute Gasteiger partial charge is 0.215 e. The molecule has 0 fully saturated rings. The van der Waals surface area contributed by atoms with E-state index >= 15 is 0 Å². The molecule has 1 aliphatic heterocycles. The number of methoxy groups -OCH3 is 1. The summed E-state index contributed by atoms with van der Waals surface area (Å²) < 4.78 is 5.17. The number of anilines is 1. The first-order valence-corrected chi connectivity index (χ1v) is 6.96. The lowest BCUT2D eigenvalue weighted by atomic mass is 10.1.